The lowest BCUT2D eigenvalue weighted by atomic mass is 10.1. The highest BCUT2D eigenvalue weighted by atomic mass is 127. The minimum Gasteiger partial charge on any atom is -0.490 e. The quantitative estimate of drug-likeness (QED) is 0.301. The summed E-state index contributed by atoms with van der Waals surface area (Å²) >= 11 is 8.99. The molecule has 2 aliphatic heterocycles. The number of ether oxygens (including phenoxy) is 3. The molecule has 0 saturated carbocycles. The summed E-state index contributed by atoms with van der Waals surface area (Å²) in [4.78, 5) is 15.1. The van der Waals surface area contributed by atoms with Gasteiger partial charge < -0.3 is 14.2 Å². The molecule has 2 fully saturated rings. The van der Waals surface area contributed by atoms with Crippen molar-refractivity contribution in [2.24, 2.45) is 0 Å². The van der Waals surface area contributed by atoms with Gasteiger partial charge in [-0.15, -0.1) is 0 Å². The van der Waals surface area contributed by atoms with Crippen LogP contribution in [-0.4, -0.2) is 47.6 Å². The number of hydrogen-bond donors (Lipinski definition) is 0. The van der Waals surface area contributed by atoms with Crippen molar-refractivity contribution in [1.29, 1.82) is 0 Å². The minimum absolute atomic E-state index is 0.0534. The second kappa shape index (κ2) is 9.58. The fourth-order valence-corrected chi connectivity index (χ4v) is 5.08. The van der Waals surface area contributed by atoms with Gasteiger partial charge in [-0.1, -0.05) is 24.0 Å². The lowest BCUT2D eigenvalue weighted by Crippen LogP contribution is -2.35. The average Bonchev–Trinajstić information content (AvgIpc) is 3.23. The second-order valence-corrected chi connectivity index (χ2v) is 8.96. The molecule has 5 nitrogen and oxygen atoms in total. The van der Waals surface area contributed by atoms with Crippen LogP contribution in [0.25, 0.3) is 6.08 Å². The summed E-state index contributed by atoms with van der Waals surface area (Å²) in [6.45, 7) is 6.29. The number of carbonyl (C=O) groups is 1. The maximum Gasteiger partial charge on any atom is 0.266 e. The van der Waals surface area contributed by atoms with Crippen molar-refractivity contribution in [2.75, 3.05) is 26.4 Å². The van der Waals surface area contributed by atoms with Gasteiger partial charge in [0.2, 0.25) is 0 Å². The van der Waals surface area contributed by atoms with Gasteiger partial charge in [0.1, 0.15) is 4.32 Å². The van der Waals surface area contributed by atoms with Gasteiger partial charge >= 0.3 is 0 Å². The van der Waals surface area contributed by atoms with Gasteiger partial charge in [0.15, 0.2) is 11.5 Å². The average molecular weight is 519 g/mol. The van der Waals surface area contributed by atoms with Crippen molar-refractivity contribution in [3.8, 4) is 11.5 Å². The van der Waals surface area contributed by atoms with E-state index in [1.807, 2.05) is 32.1 Å². The zero-order chi connectivity index (χ0) is 19.4. The molecule has 1 atom stereocenters. The van der Waals surface area contributed by atoms with Gasteiger partial charge in [-0.3, -0.25) is 9.69 Å². The fourth-order valence-electron chi connectivity index (χ4n) is 3.02. The summed E-state index contributed by atoms with van der Waals surface area (Å²) in [5.74, 6) is 1.37. The minimum atomic E-state index is -0.0534. The normalized spacial score (nSPS) is 21.4. The van der Waals surface area contributed by atoms with E-state index in [4.69, 9.17) is 26.4 Å². The molecule has 2 aliphatic rings. The predicted octanol–water partition coefficient (Wildman–Crippen LogP) is 4.47. The van der Waals surface area contributed by atoms with Gasteiger partial charge in [-0.05, 0) is 73.1 Å². The largest absolute Gasteiger partial charge is 0.490 e. The molecule has 1 amide bonds. The molecule has 1 aromatic rings. The molecule has 146 valence electrons. The number of thioether (sulfide) groups is 1. The number of nitrogens with zero attached hydrogens (tertiary/aromatic N) is 1. The zero-order valence-corrected chi connectivity index (χ0v) is 19.1. The standard InChI is InChI=1S/C19H22INO4S2/c1-3-23-15-9-12(8-14(20)17(15)24-4-2)10-16-18(22)21(19(26)27-16)11-13-6-5-7-25-13/h8-10,13H,3-7,11H2,1-2H3/b16-10-/t13-/m1/s1. The number of thiocarbonyl (C=S) groups is 1. The van der Waals surface area contributed by atoms with Crippen LogP contribution >= 0.6 is 46.6 Å². The number of hydrogen-bond acceptors (Lipinski definition) is 6. The highest BCUT2D eigenvalue weighted by molar-refractivity contribution is 14.1. The third-order valence-electron chi connectivity index (χ3n) is 4.20. The molecule has 0 N–H and O–H groups in total. The molecule has 0 unspecified atom stereocenters. The van der Waals surface area contributed by atoms with E-state index >= 15 is 0 Å². The van der Waals surface area contributed by atoms with E-state index < -0.39 is 0 Å². The number of carbonyl (C=O) groups excluding carboxylic acids is 1. The van der Waals surface area contributed by atoms with Crippen LogP contribution in [-0.2, 0) is 9.53 Å². The second-order valence-electron chi connectivity index (χ2n) is 6.12. The fraction of sp³-hybridized carbons (Fsp3) is 0.474. The first-order valence-electron chi connectivity index (χ1n) is 8.99. The molecule has 0 spiro atoms. The molecular formula is C19H22INO4S2. The first-order valence-corrected chi connectivity index (χ1v) is 11.3. The Bertz CT molecular complexity index is 762. The van der Waals surface area contributed by atoms with Crippen molar-refractivity contribution in [3.05, 3.63) is 26.2 Å². The van der Waals surface area contributed by atoms with E-state index in [1.165, 1.54) is 11.8 Å². The maximum absolute atomic E-state index is 12.8. The summed E-state index contributed by atoms with van der Waals surface area (Å²) in [5.41, 5.74) is 0.893. The van der Waals surface area contributed by atoms with Crippen LogP contribution in [0.1, 0.15) is 32.3 Å². The molecule has 3 rings (SSSR count). The van der Waals surface area contributed by atoms with Gasteiger partial charge in [0.05, 0.1) is 34.3 Å². The van der Waals surface area contributed by atoms with E-state index in [0.717, 1.165) is 34.3 Å². The maximum atomic E-state index is 12.8. The Kier molecular flexibility index (Phi) is 7.41. The van der Waals surface area contributed by atoms with E-state index in [2.05, 4.69) is 22.6 Å². The number of rotatable bonds is 7. The molecule has 0 aliphatic carbocycles. The molecule has 0 radical (unpaired) electrons. The summed E-state index contributed by atoms with van der Waals surface area (Å²) in [7, 11) is 0. The van der Waals surface area contributed by atoms with Crippen molar-refractivity contribution >= 4 is 62.9 Å². The van der Waals surface area contributed by atoms with Crippen molar-refractivity contribution in [3.63, 3.8) is 0 Å². The van der Waals surface area contributed by atoms with Crippen molar-refractivity contribution < 1.29 is 19.0 Å². The van der Waals surface area contributed by atoms with Gasteiger partial charge in [0, 0.05) is 6.61 Å². The Labute approximate surface area is 182 Å². The number of halogens is 1. The summed E-state index contributed by atoms with van der Waals surface area (Å²) < 4.78 is 18.6. The zero-order valence-electron chi connectivity index (χ0n) is 15.3. The topological polar surface area (TPSA) is 48.0 Å². The Morgan fingerprint density at radius 2 is 2.15 bits per heavy atom. The highest BCUT2D eigenvalue weighted by Gasteiger charge is 2.34. The van der Waals surface area contributed by atoms with E-state index in [1.54, 1.807) is 4.90 Å². The Morgan fingerprint density at radius 1 is 1.37 bits per heavy atom. The number of amides is 1. The molecule has 8 heteroatoms. The highest BCUT2D eigenvalue weighted by Crippen LogP contribution is 2.37. The Morgan fingerprint density at radius 3 is 2.81 bits per heavy atom. The summed E-state index contributed by atoms with van der Waals surface area (Å²) in [6, 6.07) is 3.89. The Hall–Kier alpha value is -0.840. The Balaban J connectivity index is 1.83. The molecule has 2 saturated heterocycles. The van der Waals surface area contributed by atoms with Crippen molar-refractivity contribution in [2.45, 2.75) is 32.8 Å². The van der Waals surface area contributed by atoms with Crippen LogP contribution in [0.3, 0.4) is 0 Å². The first kappa shape index (κ1) is 20.9. The first-order chi connectivity index (χ1) is 13.0. The molecule has 1 aromatic carbocycles. The van der Waals surface area contributed by atoms with Crippen LogP contribution < -0.4 is 9.47 Å². The van der Waals surface area contributed by atoms with Crippen LogP contribution in [0.15, 0.2) is 17.0 Å². The van der Waals surface area contributed by atoms with Crippen LogP contribution in [0.5, 0.6) is 11.5 Å². The molecule has 27 heavy (non-hydrogen) atoms. The molecule has 2 heterocycles. The lowest BCUT2D eigenvalue weighted by molar-refractivity contribution is -0.123. The smallest absolute Gasteiger partial charge is 0.266 e. The molecule has 0 bridgehead atoms. The summed E-state index contributed by atoms with van der Waals surface area (Å²) in [6.07, 6.45) is 3.98. The molecular weight excluding hydrogens is 497 g/mol. The summed E-state index contributed by atoms with van der Waals surface area (Å²) in [5, 5.41) is 0. The van der Waals surface area contributed by atoms with E-state index in [9.17, 15) is 4.79 Å². The third-order valence-corrected chi connectivity index (χ3v) is 6.38. The molecule has 0 aromatic heterocycles. The SMILES string of the molecule is CCOc1cc(/C=C2\SC(=S)N(C[C@H]3CCCO3)C2=O)cc(I)c1OCC. The van der Waals surface area contributed by atoms with Crippen molar-refractivity contribution in [1.82, 2.24) is 4.90 Å². The van der Waals surface area contributed by atoms with Crippen LogP contribution in [0, 0.1) is 3.57 Å². The monoisotopic (exact) mass is 519 g/mol. The van der Waals surface area contributed by atoms with E-state index in [-0.39, 0.29) is 12.0 Å². The third kappa shape index (κ3) is 4.96. The van der Waals surface area contributed by atoms with Gasteiger partial charge in [0.25, 0.3) is 5.91 Å². The van der Waals surface area contributed by atoms with Crippen LogP contribution in [0.4, 0.5) is 0 Å². The number of benzene rings is 1. The van der Waals surface area contributed by atoms with Gasteiger partial charge in [-0.2, -0.15) is 0 Å². The predicted molar refractivity (Wildman–Crippen MR) is 120 cm³/mol. The van der Waals surface area contributed by atoms with Crippen LogP contribution in [0.2, 0.25) is 0 Å². The lowest BCUT2D eigenvalue weighted by Gasteiger charge is -2.18. The van der Waals surface area contributed by atoms with Gasteiger partial charge in [-0.25, -0.2) is 0 Å². The van der Waals surface area contributed by atoms with E-state index in [0.29, 0.717) is 34.7 Å².